The summed E-state index contributed by atoms with van der Waals surface area (Å²) in [5, 5.41) is 10.8. The van der Waals surface area contributed by atoms with Gasteiger partial charge in [0.05, 0.1) is 4.92 Å². The number of hydrogen-bond acceptors (Lipinski definition) is 2. The Bertz CT molecular complexity index is 398. The Kier molecular flexibility index (Phi) is 11.6. The lowest BCUT2D eigenvalue weighted by molar-refractivity contribution is -0.385. The number of para-hydroxylation sites is 1. The molecule has 0 fully saturated rings. The molecule has 20 heavy (non-hydrogen) atoms. The molecule has 0 heterocycles. The summed E-state index contributed by atoms with van der Waals surface area (Å²) in [7, 11) is 0. The average molecular weight is 279 g/mol. The summed E-state index contributed by atoms with van der Waals surface area (Å²) in [6.45, 7) is 15.9. The standard InChI is InChI=1S/C13H17NO2.2C2H6/c1-4-13(2,3)10-9-11-7-5-6-8-12(11)14(15)16;2*1-2/h4-8H,1,9-10H2,2-3H3;2*1-2H3. The topological polar surface area (TPSA) is 43.1 Å². The Morgan fingerprint density at radius 1 is 1.20 bits per heavy atom. The van der Waals surface area contributed by atoms with Crippen molar-refractivity contribution in [3.8, 4) is 0 Å². The van der Waals surface area contributed by atoms with Crippen LogP contribution in [0.1, 0.15) is 53.5 Å². The first-order valence-electron chi connectivity index (χ1n) is 7.32. The molecule has 0 aliphatic carbocycles. The largest absolute Gasteiger partial charge is 0.272 e. The van der Waals surface area contributed by atoms with E-state index < -0.39 is 0 Å². The van der Waals surface area contributed by atoms with E-state index in [9.17, 15) is 10.1 Å². The molecular formula is C17H29NO2. The predicted octanol–water partition coefficient (Wildman–Crippen LogP) is 5.79. The molecule has 1 aromatic carbocycles. The second-order valence-corrected chi connectivity index (χ2v) is 4.58. The molecule has 0 aliphatic rings. The molecule has 0 bridgehead atoms. The van der Waals surface area contributed by atoms with Crippen LogP contribution in [-0.2, 0) is 6.42 Å². The van der Waals surface area contributed by atoms with Crippen LogP contribution < -0.4 is 0 Å². The number of hydrogen-bond donors (Lipinski definition) is 0. The number of nitrogens with zero attached hydrogens (tertiary/aromatic N) is 1. The Labute approximate surface area is 123 Å². The van der Waals surface area contributed by atoms with Gasteiger partial charge in [-0.1, -0.05) is 65.8 Å². The fraction of sp³-hybridized carbons (Fsp3) is 0.529. The first-order valence-corrected chi connectivity index (χ1v) is 7.32. The number of rotatable bonds is 5. The van der Waals surface area contributed by atoms with E-state index in [0.29, 0.717) is 6.42 Å². The quantitative estimate of drug-likeness (QED) is 0.389. The third kappa shape index (κ3) is 7.72. The van der Waals surface area contributed by atoms with E-state index in [1.807, 2.05) is 45.9 Å². The normalized spacial score (nSPS) is 9.50. The van der Waals surface area contributed by atoms with Gasteiger partial charge in [0.15, 0.2) is 0 Å². The van der Waals surface area contributed by atoms with Gasteiger partial charge in [0.25, 0.3) is 5.69 Å². The Balaban J connectivity index is 0. The molecule has 3 heteroatoms. The van der Waals surface area contributed by atoms with Crippen molar-refractivity contribution in [1.82, 2.24) is 0 Å². The summed E-state index contributed by atoms with van der Waals surface area (Å²) in [5.74, 6) is 0. The Hall–Kier alpha value is -1.64. The average Bonchev–Trinajstić information content (AvgIpc) is 2.49. The minimum atomic E-state index is -0.323. The number of aryl methyl sites for hydroxylation is 1. The SMILES string of the molecule is C=CC(C)(C)CCc1ccccc1[N+](=O)[O-].CC.CC. The molecular weight excluding hydrogens is 250 g/mol. The lowest BCUT2D eigenvalue weighted by Crippen LogP contribution is -2.09. The van der Waals surface area contributed by atoms with Crippen molar-refractivity contribution in [2.75, 3.05) is 0 Å². The van der Waals surface area contributed by atoms with Gasteiger partial charge in [-0.05, 0) is 18.3 Å². The molecule has 0 saturated heterocycles. The highest BCUT2D eigenvalue weighted by Crippen LogP contribution is 2.27. The molecule has 1 aromatic rings. The van der Waals surface area contributed by atoms with Crippen LogP contribution in [0.4, 0.5) is 5.69 Å². The van der Waals surface area contributed by atoms with Gasteiger partial charge < -0.3 is 0 Å². The van der Waals surface area contributed by atoms with Crippen LogP contribution in [0, 0.1) is 15.5 Å². The zero-order valence-electron chi connectivity index (χ0n) is 13.8. The van der Waals surface area contributed by atoms with Crippen molar-refractivity contribution in [2.24, 2.45) is 5.41 Å². The summed E-state index contributed by atoms with van der Waals surface area (Å²) >= 11 is 0. The van der Waals surface area contributed by atoms with Crippen LogP contribution in [0.2, 0.25) is 0 Å². The summed E-state index contributed by atoms with van der Waals surface area (Å²) in [6, 6.07) is 6.90. The molecule has 0 aliphatic heterocycles. The molecule has 114 valence electrons. The zero-order valence-corrected chi connectivity index (χ0v) is 13.8. The summed E-state index contributed by atoms with van der Waals surface area (Å²) in [5.41, 5.74) is 1.02. The van der Waals surface area contributed by atoms with Crippen LogP contribution >= 0.6 is 0 Å². The van der Waals surface area contributed by atoms with Crippen molar-refractivity contribution in [3.05, 3.63) is 52.6 Å². The number of nitro benzene ring substituents is 1. The second-order valence-electron chi connectivity index (χ2n) is 4.58. The van der Waals surface area contributed by atoms with Crippen molar-refractivity contribution >= 4 is 5.69 Å². The van der Waals surface area contributed by atoms with E-state index in [-0.39, 0.29) is 16.0 Å². The molecule has 0 N–H and O–H groups in total. The maximum atomic E-state index is 10.8. The monoisotopic (exact) mass is 279 g/mol. The molecule has 1 rings (SSSR count). The van der Waals surface area contributed by atoms with Gasteiger partial charge in [0, 0.05) is 11.6 Å². The highest BCUT2D eigenvalue weighted by molar-refractivity contribution is 5.39. The van der Waals surface area contributed by atoms with E-state index in [4.69, 9.17) is 0 Å². The van der Waals surface area contributed by atoms with Crippen LogP contribution in [0.3, 0.4) is 0 Å². The lowest BCUT2D eigenvalue weighted by atomic mass is 9.86. The predicted molar refractivity (Wildman–Crippen MR) is 88.1 cm³/mol. The Morgan fingerprint density at radius 3 is 2.15 bits per heavy atom. The van der Waals surface area contributed by atoms with Crippen LogP contribution in [0.15, 0.2) is 36.9 Å². The van der Waals surface area contributed by atoms with Crippen LogP contribution in [0.5, 0.6) is 0 Å². The number of nitro groups is 1. The lowest BCUT2D eigenvalue weighted by Gasteiger charge is -2.19. The molecule has 0 saturated carbocycles. The van der Waals surface area contributed by atoms with Crippen molar-refractivity contribution in [3.63, 3.8) is 0 Å². The van der Waals surface area contributed by atoms with Gasteiger partial charge in [-0.25, -0.2) is 0 Å². The van der Waals surface area contributed by atoms with Gasteiger partial charge in [0.1, 0.15) is 0 Å². The van der Waals surface area contributed by atoms with Gasteiger partial charge in [-0.2, -0.15) is 0 Å². The van der Waals surface area contributed by atoms with Crippen LogP contribution in [-0.4, -0.2) is 4.92 Å². The fourth-order valence-corrected chi connectivity index (χ4v) is 1.46. The molecule has 0 amide bonds. The van der Waals surface area contributed by atoms with Gasteiger partial charge >= 0.3 is 0 Å². The minimum Gasteiger partial charge on any atom is -0.258 e. The molecule has 0 atom stereocenters. The minimum absolute atomic E-state index is 0.0176. The summed E-state index contributed by atoms with van der Waals surface area (Å²) in [4.78, 5) is 10.5. The van der Waals surface area contributed by atoms with E-state index >= 15 is 0 Å². The van der Waals surface area contributed by atoms with Gasteiger partial charge in [-0.3, -0.25) is 10.1 Å². The van der Waals surface area contributed by atoms with E-state index in [1.54, 1.807) is 12.1 Å². The summed E-state index contributed by atoms with van der Waals surface area (Å²) < 4.78 is 0. The molecule has 3 nitrogen and oxygen atoms in total. The number of benzene rings is 1. The third-order valence-electron chi connectivity index (χ3n) is 2.78. The Morgan fingerprint density at radius 2 is 1.70 bits per heavy atom. The maximum absolute atomic E-state index is 10.8. The van der Waals surface area contributed by atoms with Gasteiger partial charge in [0.2, 0.25) is 0 Å². The second kappa shape index (κ2) is 11.2. The highest BCUT2D eigenvalue weighted by Gasteiger charge is 2.17. The molecule has 0 spiro atoms. The van der Waals surface area contributed by atoms with Crippen molar-refractivity contribution < 1.29 is 4.92 Å². The smallest absolute Gasteiger partial charge is 0.258 e. The fourth-order valence-electron chi connectivity index (χ4n) is 1.46. The van der Waals surface area contributed by atoms with E-state index in [1.165, 1.54) is 0 Å². The third-order valence-corrected chi connectivity index (χ3v) is 2.78. The van der Waals surface area contributed by atoms with Crippen LogP contribution in [0.25, 0.3) is 0 Å². The van der Waals surface area contributed by atoms with Crippen molar-refractivity contribution in [1.29, 1.82) is 0 Å². The molecule has 0 aromatic heterocycles. The highest BCUT2D eigenvalue weighted by atomic mass is 16.6. The molecule has 0 radical (unpaired) electrons. The summed E-state index contributed by atoms with van der Waals surface area (Å²) in [6.07, 6.45) is 3.46. The first kappa shape index (κ1) is 20.7. The van der Waals surface area contributed by atoms with E-state index in [0.717, 1.165) is 12.0 Å². The first-order chi connectivity index (χ1) is 9.46. The molecule has 0 unspecified atom stereocenters. The zero-order chi connectivity index (χ0) is 16.2. The van der Waals surface area contributed by atoms with E-state index in [2.05, 4.69) is 20.4 Å². The van der Waals surface area contributed by atoms with Crippen molar-refractivity contribution in [2.45, 2.75) is 54.4 Å². The number of allylic oxidation sites excluding steroid dienone is 1. The maximum Gasteiger partial charge on any atom is 0.272 e. The van der Waals surface area contributed by atoms with Gasteiger partial charge in [-0.15, -0.1) is 6.58 Å².